The van der Waals surface area contributed by atoms with Gasteiger partial charge in [-0.1, -0.05) is 85.3 Å². The maximum atomic E-state index is 2.79. The van der Waals surface area contributed by atoms with E-state index in [-0.39, 0.29) is 0 Å². The average Bonchev–Trinajstić information content (AvgIpc) is 3.28. The minimum atomic E-state index is 0.355. The zero-order chi connectivity index (χ0) is 26.2. The van der Waals surface area contributed by atoms with Crippen LogP contribution < -0.4 is 0 Å². The molecule has 5 aromatic rings. The number of hydrogen-bond acceptors (Lipinski definition) is 2. The molecule has 198 valence electrons. The molecule has 2 atom stereocenters. The second kappa shape index (κ2) is 10.6. The highest BCUT2D eigenvalue weighted by Crippen LogP contribution is 2.44. The Morgan fingerprint density at radius 2 is 1.46 bits per heavy atom. The SMILES string of the molecule is Cn1c2ccccc2c2cc([C@H]3[C@H](CN4CCCCC4)c4ccccc4CN3CCc3ccccc3)ccc21. The van der Waals surface area contributed by atoms with Crippen molar-refractivity contribution >= 4 is 21.8 Å². The molecule has 7 rings (SSSR count). The van der Waals surface area contributed by atoms with Crippen molar-refractivity contribution in [2.45, 2.75) is 44.2 Å². The van der Waals surface area contributed by atoms with Crippen molar-refractivity contribution in [3.8, 4) is 0 Å². The lowest BCUT2D eigenvalue weighted by molar-refractivity contribution is 0.113. The second-order valence-electron chi connectivity index (χ2n) is 11.7. The third kappa shape index (κ3) is 4.68. The van der Waals surface area contributed by atoms with Gasteiger partial charge in [0.2, 0.25) is 0 Å². The molecule has 0 aliphatic carbocycles. The van der Waals surface area contributed by atoms with Crippen molar-refractivity contribution in [1.29, 1.82) is 0 Å². The van der Waals surface area contributed by atoms with Crippen LogP contribution in [-0.2, 0) is 20.0 Å². The maximum Gasteiger partial charge on any atom is 0.0488 e. The van der Waals surface area contributed by atoms with E-state index < -0.39 is 0 Å². The molecule has 2 aliphatic heterocycles. The van der Waals surface area contributed by atoms with Gasteiger partial charge in [0, 0.05) is 60.4 Å². The molecule has 1 aromatic heterocycles. The van der Waals surface area contributed by atoms with E-state index in [4.69, 9.17) is 0 Å². The maximum absolute atomic E-state index is 2.79. The summed E-state index contributed by atoms with van der Waals surface area (Å²) >= 11 is 0. The van der Waals surface area contributed by atoms with Gasteiger partial charge in [-0.15, -0.1) is 0 Å². The van der Waals surface area contributed by atoms with Crippen LogP contribution >= 0.6 is 0 Å². The lowest BCUT2D eigenvalue weighted by Gasteiger charge is -2.45. The quantitative estimate of drug-likeness (QED) is 0.230. The Hall–Kier alpha value is -3.40. The molecule has 0 spiro atoms. The van der Waals surface area contributed by atoms with Crippen LogP contribution in [0.5, 0.6) is 0 Å². The van der Waals surface area contributed by atoms with Gasteiger partial charge in [0.1, 0.15) is 0 Å². The summed E-state index contributed by atoms with van der Waals surface area (Å²) in [6.45, 7) is 5.68. The average molecular weight is 514 g/mol. The Labute approximate surface area is 232 Å². The van der Waals surface area contributed by atoms with Gasteiger partial charge in [0.15, 0.2) is 0 Å². The molecule has 1 saturated heterocycles. The summed E-state index contributed by atoms with van der Waals surface area (Å²) in [4.78, 5) is 5.53. The molecule has 0 bridgehead atoms. The first kappa shape index (κ1) is 24.6. The minimum absolute atomic E-state index is 0.355. The number of nitrogens with zero attached hydrogens (tertiary/aromatic N) is 3. The van der Waals surface area contributed by atoms with Crippen molar-refractivity contribution in [3.63, 3.8) is 0 Å². The molecule has 0 radical (unpaired) electrons. The van der Waals surface area contributed by atoms with E-state index in [0.717, 1.165) is 26.1 Å². The molecule has 1 fully saturated rings. The number of benzene rings is 4. The van der Waals surface area contributed by atoms with Crippen LogP contribution in [0.2, 0.25) is 0 Å². The van der Waals surface area contributed by atoms with Crippen molar-refractivity contribution in [2.24, 2.45) is 7.05 Å². The lowest BCUT2D eigenvalue weighted by atomic mass is 9.79. The van der Waals surface area contributed by atoms with Gasteiger partial charge in [-0.3, -0.25) is 4.90 Å². The van der Waals surface area contributed by atoms with Crippen LogP contribution in [0.15, 0.2) is 97.1 Å². The normalized spacial score (nSPS) is 20.4. The van der Waals surface area contributed by atoms with E-state index in [1.165, 1.54) is 70.8 Å². The van der Waals surface area contributed by atoms with Gasteiger partial charge in [-0.25, -0.2) is 0 Å². The first-order chi connectivity index (χ1) is 19.3. The summed E-state index contributed by atoms with van der Waals surface area (Å²) in [6, 6.07) is 36.8. The van der Waals surface area contributed by atoms with Gasteiger partial charge in [-0.2, -0.15) is 0 Å². The van der Waals surface area contributed by atoms with Crippen LogP contribution in [0.25, 0.3) is 21.8 Å². The molecule has 0 amide bonds. The summed E-state index contributed by atoms with van der Waals surface area (Å²) < 4.78 is 2.35. The van der Waals surface area contributed by atoms with Crippen LogP contribution in [-0.4, -0.2) is 40.5 Å². The zero-order valence-corrected chi connectivity index (χ0v) is 23.1. The molecular formula is C36H39N3. The smallest absolute Gasteiger partial charge is 0.0488 e. The Balaban J connectivity index is 1.34. The van der Waals surface area contributed by atoms with Gasteiger partial charge < -0.3 is 9.47 Å². The predicted molar refractivity (Wildman–Crippen MR) is 163 cm³/mol. The van der Waals surface area contributed by atoms with Crippen LogP contribution in [0.4, 0.5) is 0 Å². The minimum Gasteiger partial charge on any atom is -0.344 e. The molecule has 39 heavy (non-hydrogen) atoms. The highest BCUT2D eigenvalue weighted by atomic mass is 15.2. The standard InChI is InChI=1S/C36H39N3/c1-37-34-17-9-8-16-31(34)32-24-28(18-19-35(32)37)36-33(26-38-21-10-3-11-22-38)30-15-7-6-14-29(30)25-39(36)23-20-27-12-4-2-5-13-27/h2,4-9,12-19,24,33,36H,3,10-11,20-23,25-26H2,1H3/t33-,36+/m1/s1. The molecule has 3 nitrogen and oxygen atoms in total. The summed E-state index contributed by atoms with van der Waals surface area (Å²) in [7, 11) is 2.20. The number of aromatic nitrogens is 1. The monoisotopic (exact) mass is 513 g/mol. The highest BCUT2D eigenvalue weighted by molar-refractivity contribution is 6.08. The van der Waals surface area contributed by atoms with E-state index in [9.17, 15) is 0 Å². The lowest BCUT2D eigenvalue weighted by Crippen LogP contribution is -2.43. The Bertz CT molecular complexity index is 1580. The molecule has 2 aliphatic rings. The molecule has 0 N–H and O–H groups in total. The van der Waals surface area contributed by atoms with Gasteiger partial charge >= 0.3 is 0 Å². The second-order valence-corrected chi connectivity index (χ2v) is 11.7. The van der Waals surface area contributed by atoms with Crippen molar-refractivity contribution < 1.29 is 0 Å². The van der Waals surface area contributed by atoms with E-state index >= 15 is 0 Å². The number of piperidine rings is 1. The fourth-order valence-corrected chi connectivity index (χ4v) is 7.35. The van der Waals surface area contributed by atoms with E-state index in [1.54, 1.807) is 5.56 Å². The van der Waals surface area contributed by atoms with E-state index in [1.807, 2.05) is 0 Å². The van der Waals surface area contributed by atoms with Gasteiger partial charge in [0.05, 0.1) is 0 Å². The first-order valence-electron chi connectivity index (χ1n) is 14.8. The van der Waals surface area contributed by atoms with Crippen molar-refractivity contribution in [2.75, 3.05) is 26.2 Å². The van der Waals surface area contributed by atoms with Crippen LogP contribution in [0.1, 0.15) is 53.5 Å². The molecule has 0 saturated carbocycles. The molecular weight excluding hydrogens is 474 g/mol. The van der Waals surface area contributed by atoms with Crippen molar-refractivity contribution in [3.05, 3.63) is 119 Å². The van der Waals surface area contributed by atoms with Crippen LogP contribution in [0, 0.1) is 0 Å². The molecule has 3 heterocycles. The Morgan fingerprint density at radius 3 is 2.33 bits per heavy atom. The van der Waals surface area contributed by atoms with Crippen LogP contribution in [0.3, 0.4) is 0 Å². The number of hydrogen-bond donors (Lipinski definition) is 0. The largest absolute Gasteiger partial charge is 0.344 e. The molecule has 0 unspecified atom stereocenters. The molecule has 4 aromatic carbocycles. The zero-order valence-electron chi connectivity index (χ0n) is 23.1. The summed E-state index contributed by atoms with van der Waals surface area (Å²) in [5, 5.41) is 2.74. The summed E-state index contributed by atoms with van der Waals surface area (Å²) in [5.74, 6) is 0.455. The van der Waals surface area contributed by atoms with Gasteiger partial charge in [-0.05, 0) is 72.8 Å². The Kier molecular flexibility index (Phi) is 6.72. The highest BCUT2D eigenvalue weighted by Gasteiger charge is 2.37. The van der Waals surface area contributed by atoms with Crippen molar-refractivity contribution in [1.82, 2.24) is 14.4 Å². The number of aryl methyl sites for hydroxylation is 1. The Morgan fingerprint density at radius 1 is 0.718 bits per heavy atom. The number of rotatable bonds is 6. The van der Waals surface area contributed by atoms with E-state index in [0.29, 0.717) is 12.0 Å². The summed E-state index contributed by atoms with van der Waals surface area (Å²) in [5.41, 5.74) is 8.58. The fourth-order valence-electron chi connectivity index (χ4n) is 7.35. The van der Waals surface area contributed by atoms with E-state index in [2.05, 4.69) is 118 Å². The number of fused-ring (bicyclic) bond motifs is 4. The fraction of sp³-hybridized carbons (Fsp3) is 0.333. The third-order valence-corrected chi connectivity index (χ3v) is 9.32. The predicted octanol–water partition coefficient (Wildman–Crippen LogP) is 7.70. The molecule has 3 heteroatoms. The topological polar surface area (TPSA) is 11.4 Å². The number of likely N-dealkylation sites (tertiary alicyclic amines) is 1. The third-order valence-electron chi connectivity index (χ3n) is 9.32. The van der Waals surface area contributed by atoms with Gasteiger partial charge in [0.25, 0.3) is 0 Å². The number of para-hydroxylation sites is 1. The first-order valence-corrected chi connectivity index (χ1v) is 14.8. The summed E-state index contributed by atoms with van der Waals surface area (Å²) in [6.07, 6.45) is 5.12.